The van der Waals surface area contributed by atoms with Gasteiger partial charge in [0.1, 0.15) is 23.4 Å². The summed E-state index contributed by atoms with van der Waals surface area (Å²) in [5.74, 6) is -0.111. The zero-order valence-electron chi connectivity index (χ0n) is 17.2. The number of pyridine rings is 1. The van der Waals surface area contributed by atoms with Gasteiger partial charge in [0, 0.05) is 43.8 Å². The van der Waals surface area contributed by atoms with E-state index in [1.807, 2.05) is 0 Å². The van der Waals surface area contributed by atoms with Crippen molar-refractivity contribution in [3.8, 4) is 11.5 Å². The van der Waals surface area contributed by atoms with Crippen LogP contribution in [0.2, 0.25) is 0 Å². The predicted molar refractivity (Wildman–Crippen MR) is 108 cm³/mol. The average molecular weight is 453 g/mol. The maximum Gasteiger partial charge on any atom is 0.573 e. The van der Waals surface area contributed by atoms with Crippen molar-refractivity contribution in [2.45, 2.75) is 32.2 Å². The number of anilines is 1. The van der Waals surface area contributed by atoms with Crippen molar-refractivity contribution in [1.82, 2.24) is 9.88 Å². The third-order valence-electron chi connectivity index (χ3n) is 4.58. The molecule has 3 rings (SSSR count). The van der Waals surface area contributed by atoms with Gasteiger partial charge in [-0.2, -0.15) is 0 Å². The third-order valence-corrected chi connectivity index (χ3v) is 4.58. The van der Waals surface area contributed by atoms with Crippen molar-refractivity contribution in [3.63, 3.8) is 0 Å². The van der Waals surface area contributed by atoms with Gasteiger partial charge in [0.2, 0.25) is 0 Å². The number of rotatable bonds is 6. The molecule has 1 N–H and O–H groups in total. The standard InChI is InChI=1S/C21H22F3N3O5/c1-2-30-20(29)26-18-12-14(6-9-25-18)19(28)27-10-7-15(8-11-27)31-16-4-3-5-17(13-16)32-21(22,23)24/h3-6,9,12-13,15H,2,7-8,10-11H2,1H3,(H,25,26,29). The fourth-order valence-corrected chi connectivity index (χ4v) is 3.20. The molecule has 0 aliphatic carbocycles. The molecule has 0 saturated carbocycles. The summed E-state index contributed by atoms with van der Waals surface area (Å²) in [4.78, 5) is 30.0. The van der Waals surface area contributed by atoms with Crippen LogP contribution in [0.3, 0.4) is 0 Å². The topological polar surface area (TPSA) is 90.0 Å². The fourth-order valence-electron chi connectivity index (χ4n) is 3.20. The maximum atomic E-state index is 12.8. The molecule has 0 unspecified atom stereocenters. The normalized spacial score (nSPS) is 14.6. The Hall–Kier alpha value is -3.50. The molecule has 2 amide bonds. The van der Waals surface area contributed by atoms with Crippen LogP contribution in [0, 0.1) is 0 Å². The number of nitrogens with zero attached hydrogens (tertiary/aromatic N) is 2. The summed E-state index contributed by atoms with van der Waals surface area (Å²) < 4.78 is 51.6. The number of amides is 2. The molecule has 0 spiro atoms. The first-order valence-corrected chi connectivity index (χ1v) is 9.95. The molecule has 1 fully saturated rings. The molecule has 1 aromatic heterocycles. The van der Waals surface area contributed by atoms with Crippen LogP contribution in [0.1, 0.15) is 30.1 Å². The number of benzene rings is 1. The molecule has 172 valence electrons. The van der Waals surface area contributed by atoms with Crippen LogP contribution in [0.15, 0.2) is 42.6 Å². The quantitative estimate of drug-likeness (QED) is 0.704. The van der Waals surface area contributed by atoms with Crippen LogP contribution in [-0.4, -0.2) is 54.0 Å². The zero-order chi connectivity index (χ0) is 23.1. The Morgan fingerprint density at radius 1 is 1.16 bits per heavy atom. The van der Waals surface area contributed by atoms with Crippen molar-refractivity contribution >= 4 is 17.8 Å². The van der Waals surface area contributed by atoms with E-state index in [0.29, 0.717) is 31.5 Å². The minimum absolute atomic E-state index is 0.202. The third kappa shape index (κ3) is 6.76. The number of ether oxygens (including phenoxy) is 3. The van der Waals surface area contributed by atoms with Crippen LogP contribution in [0.25, 0.3) is 0 Å². The van der Waals surface area contributed by atoms with Gasteiger partial charge in [-0.1, -0.05) is 6.07 Å². The number of hydrogen-bond donors (Lipinski definition) is 1. The molecular weight excluding hydrogens is 431 g/mol. The Morgan fingerprint density at radius 2 is 1.88 bits per heavy atom. The minimum atomic E-state index is -4.77. The van der Waals surface area contributed by atoms with Gasteiger partial charge in [0.25, 0.3) is 5.91 Å². The Morgan fingerprint density at radius 3 is 2.56 bits per heavy atom. The summed E-state index contributed by atoms with van der Waals surface area (Å²) >= 11 is 0. The van der Waals surface area contributed by atoms with Crippen LogP contribution >= 0.6 is 0 Å². The monoisotopic (exact) mass is 453 g/mol. The van der Waals surface area contributed by atoms with E-state index in [4.69, 9.17) is 9.47 Å². The van der Waals surface area contributed by atoms with E-state index >= 15 is 0 Å². The number of carbonyl (C=O) groups excluding carboxylic acids is 2. The lowest BCUT2D eigenvalue weighted by molar-refractivity contribution is -0.274. The van der Waals surface area contributed by atoms with Crippen molar-refractivity contribution < 1.29 is 37.0 Å². The van der Waals surface area contributed by atoms with E-state index in [0.717, 1.165) is 0 Å². The number of halogens is 3. The number of hydrogen-bond acceptors (Lipinski definition) is 6. The zero-order valence-corrected chi connectivity index (χ0v) is 17.2. The minimum Gasteiger partial charge on any atom is -0.490 e. The summed E-state index contributed by atoms with van der Waals surface area (Å²) in [5.41, 5.74) is 0.364. The molecule has 1 aliphatic rings. The number of piperidine rings is 1. The first kappa shape index (κ1) is 23.2. The smallest absolute Gasteiger partial charge is 0.490 e. The lowest BCUT2D eigenvalue weighted by Crippen LogP contribution is -2.41. The predicted octanol–water partition coefficient (Wildman–Crippen LogP) is 4.23. The van der Waals surface area contributed by atoms with Crippen LogP contribution in [-0.2, 0) is 4.74 Å². The molecule has 2 heterocycles. The molecule has 0 atom stereocenters. The van der Waals surface area contributed by atoms with Gasteiger partial charge in [-0.05, 0) is 31.2 Å². The molecule has 11 heteroatoms. The number of carbonyl (C=O) groups is 2. The van der Waals surface area contributed by atoms with Crippen LogP contribution in [0.4, 0.5) is 23.8 Å². The Balaban J connectivity index is 1.54. The van der Waals surface area contributed by atoms with Crippen molar-refractivity contribution in [2.24, 2.45) is 0 Å². The van der Waals surface area contributed by atoms with E-state index in [1.165, 1.54) is 30.5 Å². The van der Waals surface area contributed by atoms with Gasteiger partial charge in [0.15, 0.2) is 0 Å². The summed E-state index contributed by atoms with van der Waals surface area (Å²) in [7, 11) is 0. The van der Waals surface area contributed by atoms with Crippen molar-refractivity contribution in [1.29, 1.82) is 0 Å². The van der Waals surface area contributed by atoms with Gasteiger partial charge in [-0.25, -0.2) is 9.78 Å². The van der Waals surface area contributed by atoms with Gasteiger partial charge in [-0.15, -0.1) is 13.2 Å². The first-order chi connectivity index (χ1) is 15.2. The van der Waals surface area contributed by atoms with Gasteiger partial charge < -0.3 is 19.1 Å². The lowest BCUT2D eigenvalue weighted by Gasteiger charge is -2.32. The second-order valence-corrected chi connectivity index (χ2v) is 6.91. The van der Waals surface area contributed by atoms with E-state index < -0.39 is 12.5 Å². The Bertz CT molecular complexity index is 946. The second-order valence-electron chi connectivity index (χ2n) is 6.91. The average Bonchev–Trinajstić information content (AvgIpc) is 2.73. The Labute approximate surface area is 182 Å². The number of aromatic nitrogens is 1. The van der Waals surface area contributed by atoms with Crippen molar-refractivity contribution in [3.05, 3.63) is 48.2 Å². The Kier molecular flexibility index (Phi) is 7.39. The summed E-state index contributed by atoms with van der Waals surface area (Å²) in [5, 5.41) is 2.45. The molecule has 1 aromatic carbocycles. The van der Waals surface area contributed by atoms with E-state index in [1.54, 1.807) is 24.0 Å². The van der Waals surface area contributed by atoms with Gasteiger partial charge in [0.05, 0.1) is 6.61 Å². The van der Waals surface area contributed by atoms with Gasteiger partial charge >= 0.3 is 12.5 Å². The van der Waals surface area contributed by atoms with E-state index in [2.05, 4.69) is 15.0 Å². The summed E-state index contributed by atoms with van der Waals surface area (Å²) in [6.45, 7) is 2.70. The highest BCUT2D eigenvalue weighted by molar-refractivity contribution is 5.95. The highest BCUT2D eigenvalue weighted by Crippen LogP contribution is 2.28. The van der Waals surface area contributed by atoms with E-state index in [9.17, 15) is 22.8 Å². The molecule has 0 bridgehead atoms. The molecule has 8 nitrogen and oxygen atoms in total. The highest BCUT2D eigenvalue weighted by atomic mass is 19.4. The van der Waals surface area contributed by atoms with Crippen LogP contribution in [0.5, 0.6) is 11.5 Å². The van der Waals surface area contributed by atoms with Gasteiger partial charge in [-0.3, -0.25) is 10.1 Å². The lowest BCUT2D eigenvalue weighted by atomic mass is 10.1. The SMILES string of the molecule is CCOC(=O)Nc1cc(C(=O)N2CCC(Oc3cccc(OC(F)(F)F)c3)CC2)ccn1. The maximum absolute atomic E-state index is 12.8. The fraction of sp³-hybridized carbons (Fsp3) is 0.381. The molecule has 1 saturated heterocycles. The van der Waals surface area contributed by atoms with Crippen LogP contribution < -0.4 is 14.8 Å². The summed E-state index contributed by atoms with van der Waals surface area (Å²) in [6, 6.07) is 8.36. The highest BCUT2D eigenvalue weighted by Gasteiger charge is 2.31. The number of alkyl halides is 3. The molecule has 2 aromatic rings. The second kappa shape index (κ2) is 10.2. The number of nitrogens with one attached hydrogen (secondary N) is 1. The molecule has 1 aliphatic heterocycles. The molecular formula is C21H22F3N3O5. The molecule has 0 radical (unpaired) electrons. The summed E-state index contributed by atoms with van der Waals surface area (Å²) in [6.07, 6.45) is -3.25. The largest absolute Gasteiger partial charge is 0.573 e. The van der Waals surface area contributed by atoms with Crippen molar-refractivity contribution in [2.75, 3.05) is 25.0 Å². The first-order valence-electron chi connectivity index (χ1n) is 9.95. The number of likely N-dealkylation sites (tertiary alicyclic amines) is 1. The van der Waals surface area contributed by atoms with E-state index in [-0.39, 0.29) is 35.9 Å². The molecule has 32 heavy (non-hydrogen) atoms.